The second-order valence-electron chi connectivity index (χ2n) is 4.22. The van der Waals surface area contributed by atoms with Gasteiger partial charge in [-0.25, -0.2) is 8.42 Å². The van der Waals surface area contributed by atoms with Crippen molar-refractivity contribution in [2.45, 2.75) is 4.90 Å². The number of carbonyl (C=O) groups is 1. The van der Waals surface area contributed by atoms with Crippen LogP contribution in [0.25, 0.3) is 0 Å². The highest BCUT2D eigenvalue weighted by Gasteiger charge is 2.17. The van der Waals surface area contributed by atoms with Gasteiger partial charge in [-0.3, -0.25) is 10.2 Å². The summed E-state index contributed by atoms with van der Waals surface area (Å²) in [6, 6.07) is 12.1. The van der Waals surface area contributed by atoms with Gasteiger partial charge in [-0.1, -0.05) is 29.8 Å². The van der Waals surface area contributed by atoms with Crippen LogP contribution in [0.4, 0.5) is 0 Å². The first-order valence-corrected chi connectivity index (χ1v) is 8.01. The lowest BCUT2D eigenvalue weighted by molar-refractivity contribution is 0.0942. The van der Waals surface area contributed by atoms with E-state index in [4.69, 9.17) is 16.3 Å². The summed E-state index contributed by atoms with van der Waals surface area (Å²) in [5, 5.41) is 0.330. The van der Waals surface area contributed by atoms with Crippen LogP contribution in [0.15, 0.2) is 53.4 Å². The van der Waals surface area contributed by atoms with Crippen LogP contribution in [0.1, 0.15) is 10.4 Å². The fraction of sp³-hybridized carbons (Fsp3) is 0.0714. The summed E-state index contributed by atoms with van der Waals surface area (Å²) in [5.41, 5.74) is 2.24. The number of carbonyl (C=O) groups excluding carboxylic acids is 1. The molecular weight excluding hydrogens is 328 g/mol. The van der Waals surface area contributed by atoms with Crippen LogP contribution in [-0.4, -0.2) is 21.4 Å². The summed E-state index contributed by atoms with van der Waals surface area (Å²) in [5.74, 6) is -0.403. The van der Waals surface area contributed by atoms with Gasteiger partial charge in [-0.15, -0.1) is 4.83 Å². The van der Waals surface area contributed by atoms with Crippen molar-refractivity contribution in [1.82, 2.24) is 10.3 Å². The lowest BCUT2D eigenvalue weighted by Crippen LogP contribution is -2.41. The first-order chi connectivity index (χ1) is 10.4. The van der Waals surface area contributed by atoms with Gasteiger partial charge in [0.25, 0.3) is 15.9 Å². The summed E-state index contributed by atoms with van der Waals surface area (Å²) >= 11 is 5.83. The topological polar surface area (TPSA) is 84.5 Å². The zero-order valence-electron chi connectivity index (χ0n) is 11.5. The van der Waals surface area contributed by atoms with Crippen molar-refractivity contribution < 1.29 is 17.9 Å². The fourth-order valence-electron chi connectivity index (χ4n) is 1.70. The minimum Gasteiger partial charge on any atom is -0.496 e. The van der Waals surface area contributed by atoms with Crippen LogP contribution >= 0.6 is 11.6 Å². The normalized spacial score (nSPS) is 11.0. The molecule has 0 atom stereocenters. The molecule has 8 heteroatoms. The predicted octanol–water partition coefficient (Wildman–Crippen LogP) is 1.97. The van der Waals surface area contributed by atoms with E-state index in [1.165, 1.54) is 31.4 Å². The van der Waals surface area contributed by atoms with Crippen LogP contribution in [0, 0.1) is 0 Å². The molecule has 0 bridgehead atoms. The summed E-state index contributed by atoms with van der Waals surface area (Å²) in [6.45, 7) is 0. The molecule has 22 heavy (non-hydrogen) atoms. The first-order valence-electron chi connectivity index (χ1n) is 6.15. The van der Waals surface area contributed by atoms with E-state index in [9.17, 15) is 13.2 Å². The third-order valence-electron chi connectivity index (χ3n) is 2.76. The largest absolute Gasteiger partial charge is 0.496 e. The van der Waals surface area contributed by atoms with E-state index in [1.54, 1.807) is 24.3 Å². The summed E-state index contributed by atoms with van der Waals surface area (Å²) in [7, 11) is -2.45. The molecule has 0 aliphatic carbocycles. The van der Waals surface area contributed by atoms with Gasteiger partial charge >= 0.3 is 0 Å². The average molecular weight is 341 g/mol. The van der Waals surface area contributed by atoms with Gasteiger partial charge in [0.2, 0.25) is 0 Å². The number of ether oxygens (including phenoxy) is 1. The molecule has 0 spiro atoms. The maximum absolute atomic E-state index is 12.1. The molecule has 0 saturated heterocycles. The Morgan fingerprint density at radius 2 is 1.82 bits per heavy atom. The van der Waals surface area contributed by atoms with E-state index < -0.39 is 15.9 Å². The molecule has 1 amide bonds. The quantitative estimate of drug-likeness (QED) is 0.815. The van der Waals surface area contributed by atoms with Gasteiger partial charge in [0, 0.05) is 5.02 Å². The predicted molar refractivity (Wildman–Crippen MR) is 82.2 cm³/mol. The Morgan fingerprint density at radius 3 is 2.45 bits per heavy atom. The summed E-state index contributed by atoms with van der Waals surface area (Å²) < 4.78 is 29.1. The number of hydrogen-bond acceptors (Lipinski definition) is 4. The van der Waals surface area contributed by atoms with E-state index in [0.29, 0.717) is 5.02 Å². The minimum absolute atomic E-state index is 0.0355. The Bertz CT molecular complexity index is 779. The van der Waals surface area contributed by atoms with Crippen molar-refractivity contribution in [1.29, 1.82) is 0 Å². The highest BCUT2D eigenvalue weighted by atomic mass is 35.5. The number of methoxy groups -OCH3 is 1. The zero-order valence-corrected chi connectivity index (χ0v) is 13.1. The van der Waals surface area contributed by atoms with Crippen molar-refractivity contribution in [3.63, 3.8) is 0 Å². The maximum atomic E-state index is 12.1. The molecule has 2 N–H and O–H groups in total. The molecule has 2 aromatic carbocycles. The van der Waals surface area contributed by atoms with Crippen LogP contribution in [-0.2, 0) is 10.0 Å². The number of hydrazine groups is 1. The standard InChI is InChI=1S/C14H13ClN2O4S/c1-21-13-8-7-10(15)9-12(13)14(18)16-17-22(19,20)11-5-3-2-4-6-11/h2-9,17H,1H3,(H,16,18). The van der Waals surface area contributed by atoms with Crippen molar-refractivity contribution in [2.75, 3.05) is 7.11 Å². The van der Waals surface area contributed by atoms with Gasteiger partial charge in [0.05, 0.1) is 17.6 Å². The zero-order chi connectivity index (χ0) is 16.2. The van der Waals surface area contributed by atoms with E-state index in [0.717, 1.165) is 0 Å². The maximum Gasteiger partial charge on any atom is 0.270 e. The highest BCUT2D eigenvalue weighted by molar-refractivity contribution is 7.89. The molecule has 6 nitrogen and oxygen atoms in total. The molecule has 0 heterocycles. The lowest BCUT2D eigenvalue weighted by Gasteiger charge is -2.11. The van der Waals surface area contributed by atoms with Gasteiger partial charge in [0.15, 0.2) is 0 Å². The second kappa shape index (κ2) is 6.78. The van der Waals surface area contributed by atoms with E-state index >= 15 is 0 Å². The minimum atomic E-state index is -3.85. The van der Waals surface area contributed by atoms with Crippen LogP contribution < -0.4 is 15.0 Å². The average Bonchev–Trinajstić information content (AvgIpc) is 2.53. The fourth-order valence-corrected chi connectivity index (χ4v) is 2.73. The first kappa shape index (κ1) is 16.3. The van der Waals surface area contributed by atoms with Crippen molar-refractivity contribution in [3.8, 4) is 5.75 Å². The molecule has 0 aliphatic rings. The molecule has 0 fully saturated rings. The number of halogens is 1. The number of hydrogen-bond donors (Lipinski definition) is 2. The molecular formula is C14H13ClN2O4S. The van der Waals surface area contributed by atoms with Gasteiger partial charge in [-0.2, -0.15) is 0 Å². The van der Waals surface area contributed by atoms with E-state index in [-0.39, 0.29) is 16.2 Å². The van der Waals surface area contributed by atoms with Gasteiger partial charge in [-0.05, 0) is 30.3 Å². The van der Waals surface area contributed by atoms with E-state index in [1.807, 2.05) is 4.83 Å². The Kier molecular flexibility index (Phi) is 5.02. The van der Waals surface area contributed by atoms with Crippen molar-refractivity contribution >= 4 is 27.5 Å². The lowest BCUT2D eigenvalue weighted by atomic mass is 10.2. The second-order valence-corrected chi connectivity index (χ2v) is 6.34. The van der Waals surface area contributed by atoms with Crippen LogP contribution in [0.2, 0.25) is 5.02 Å². The Labute approximate surface area is 133 Å². The molecule has 0 radical (unpaired) electrons. The number of nitrogens with one attached hydrogen (secondary N) is 2. The Balaban J connectivity index is 2.15. The van der Waals surface area contributed by atoms with Crippen LogP contribution in [0.3, 0.4) is 0 Å². The van der Waals surface area contributed by atoms with Crippen LogP contribution in [0.5, 0.6) is 5.75 Å². The summed E-state index contributed by atoms with van der Waals surface area (Å²) in [4.78, 5) is 14.1. The number of amides is 1. The van der Waals surface area contributed by atoms with Gasteiger partial charge in [0.1, 0.15) is 5.75 Å². The molecule has 0 unspecified atom stereocenters. The number of rotatable bonds is 5. The monoisotopic (exact) mass is 340 g/mol. The van der Waals surface area contributed by atoms with Gasteiger partial charge < -0.3 is 4.74 Å². The Morgan fingerprint density at radius 1 is 1.14 bits per heavy atom. The highest BCUT2D eigenvalue weighted by Crippen LogP contribution is 2.22. The Hall–Kier alpha value is -2.09. The molecule has 2 rings (SSSR count). The molecule has 116 valence electrons. The molecule has 2 aromatic rings. The molecule has 0 aliphatic heterocycles. The van der Waals surface area contributed by atoms with Crippen molar-refractivity contribution in [3.05, 3.63) is 59.1 Å². The number of sulfonamides is 1. The third kappa shape index (κ3) is 3.76. The third-order valence-corrected chi connectivity index (χ3v) is 4.26. The SMILES string of the molecule is COc1ccc(Cl)cc1C(=O)NNS(=O)(=O)c1ccccc1. The summed E-state index contributed by atoms with van der Waals surface area (Å²) in [6.07, 6.45) is 0. The van der Waals surface area contributed by atoms with Crippen molar-refractivity contribution in [2.24, 2.45) is 0 Å². The smallest absolute Gasteiger partial charge is 0.270 e. The van der Waals surface area contributed by atoms with E-state index in [2.05, 4.69) is 5.43 Å². The number of benzene rings is 2. The molecule has 0 aromatic heterocycles. The molecule has 0 saturated carbocycles.